The van der Waals surface area contributed by atoms with Crippen LogP contribution in [-0.4, -0.2) is 36.4 Å². The van der Waals surface area contributed by atoms with Crippen LogP contribution in [0.1, 0.15) is 12.0 Å². The number of hydrogen-bond acceptors (Lipinski definition) is 3. The van der Waals surface area contributed by atoms with Crippen molar-refractivity contribution in [1.82, 2.24) is 5.32 Å². The van der Waals surface area contributed by atoms with E-state index < -0.39 is 5.97 Å². The second-order valence-corrected chi connectivity index (χ2v) is 4.43. The normalized spacial score (nSPS) is 18.0. The van der Waals surface area contributed by atoms with E-state index in [1.807, 2.05) is 0 Å². The fraction of sp³-hybridized carbons (Fsp3) is 0.385. The lowest BCUT2D eigenvalue weighted by molar-refractivity contribution is -0.136. The van der Waals surface area contributed by atoms with Gasteiger partial charge in [0.15, 0.2) is 0 Å². The number of rotatable bonds is 4. The molecule has 0 saturated carbocycles. The van der Waals surface area contributed by atoms with E-state index in [0.29, 0.717) is 24.5 Å². The molecule has 2 rings (SSSR count). The summed E-state index contributed by atoms with van der Waals surface area (Å²) in [6.45, 7) is 1.22. The Kier molecular flexibility index (Phi) is 4.35. The number of anilines is 1. The standard InChI is InChI=1S/C13H16N2O4/c16-12(17)7-9-1-3-10(4-2-9)14-13(18)15-11-5-6-19-8-11/h1-4,11H,5-8H2,(H,16,17)(H2,14,15,18). The van der Waals surface area contributed by atoms with Gasteiger partial charge in [0.2, 0.25) is 0 Å². The molecule has 6 heteroatoms. The van der Waals surface area contributed by atoms with Gasteiger partial charge in [-0.2, -0.15) is 0 Å². The first-order valence-electron chi connectivity index (χ1n) is 6.09. The number of hydrogen-bond donors (Lipinski definition) is 3. The average Bonchev–Trinajstić information content (AvgIpc) is 2.83. The van der Waals surface area contributed by atoms with Gasteiger partial charge in [0.25, 0.3) is 0 Å². The van der Waals surface area contributed by atoms with Crippen LogP contribution in [0.4, 0.5) is 10.5 Å². The molecule has 1 aromatic rings. The molecular weight excluding hydrogens is 248 g/mol. The molecule has 1 atom stereocenters. The van der Waals surface area contributed by atoms with Gasteiger partial charge >= 0.3 is 12.0 Å². The van der Waals surface area contributed by atoms with Gasteiger partial charge in [-0.15, -0.1) is 0 Å². The number of carboxylic acids is 1. The molecule has 0 radical (unpaired) electrons. The summed E-state index contributed by atoms with van der Waals surface area (Å²) >= 11 is 0. The van der Waals surface area contributed by atoms with E-state index >= 15 is 0 Å². The van der Waals surface area contributed by atoms with Gasteiger partial charge in [0.05, 0.1) is 19.1 Å². The Morgan fingerprint density at radius 2 is 2.05 bits per heavy atom. The van der Waals surface area contributed by atoms with Crippen LogP contribution in [0.25, 0.3) is 0 Å². The molecule has 1 unspecified atom stereocenters. The maximum atomic E-state index is 11.7. The Morgan fingerprint density at radius 3 is 2.63 bits per heavy atom. The number of ether oxygens (including phenoxy) is 1. The molecule has 1 aliphatic rings. The highest BCUT2D eigenvalue weighted by molar-refractivity contribution is 5.89. The van der Waals surface area contributed by atoms with Crippen LogP contribution in [0.2, 0.25) is 0 Å². The van der Waals surface area contributed by atoms with Crippen LogP contribution in [0.15, 0.2) is 24.3 Å². The van der Waals surface area contributed by atoms with Gasteiger partial charge in [-0.1, -0.05) is 12.1 Å². The van der Waals surface area contributed by atoms with E-state index in [2.05, 4.69) is 10.6 Å². The van der Waals surface area contributed by atoms with Crippen molar-refractivity contribution >= 4 is 17.7 Å². The number of benzene rings is 1. The first kappa shape index (κ1) is 13.4. The third kappa shape index (κ3) is 4.26. The maximum Gasteiger partial charge on any atom is 0.319 e. The highest BCUT2D eigenvalue weighted by atomic mass is 16.5. The molecule has 0 aliphatic carbocycles. The first-order chi connectivity index (χ1) is 9.13. The van der Waals surface area contributed by atoms with Crippen molar-refractivity contribution in [1.29, 1.82) is 0 Å². The van der Waals surface area contributed by atoms with Crippen LogP contribution in [0.3, 0.4) is 0 Å². The smallest absolute Gasteiger partial charge is 0.319 e. The summed E-state index contributed by atoms with van der Waals surface area (Å²) in [6.07, 6.45) is 0.802. The summed E-state index contributed by atoms with van der Waals surface area (Å²) in [4.78, 5) is 22.2. The first-order valence-corrected chi connectivity index (χ1v) is 6.09. The van der Waals surface area contributed by atoms with Crippen molar-refractivity contribution in [3.63, 3.8) is 0 Å². The molecular formula is C13H16N2O4. The highest BCUT2D eigenvalue weighted by Gasteiger charge is 2.17. The zero-order valence-corrected chi connectivity index (χ0v) is 10.4. The molecule has 0 bridgehead atoms. The van der Waals surface area contributed by atoms with Crippen molar-refractivity contribution in [2.75, 3.05) is 18.5 Å². The molecule has 102 valence electrons. The van der Waals surface area contributed by atoms with Gasteiger partial charge < -0.3 is 20.5 Å². The highest BCUT2D eigenvalue weighted by Crippen LogP contribution is 2.10. The predicted octanol–water partition coefficient (Wildman–Crippen LogP) is 1.22. The third-order valence-electron chi connectivity index (χ3n) is 2.83. The quantitative estimate of drug-likeness (QED) is 0.763. The molecule has 0 spiro atoms. The number of carboxylic acid groups (broad SMARTS) is 1. The molecule has 3 N–H and O–H groups in total. The van der Waals surface area contributed by atoms with E-state index in [-0.39, 0.29) is 18.5 Å². The lowest BCUT2D eigenvalue weighted by Gasteiger charge is -2.12. The fourth-order valence-corrected chi connectivity index (χ4v) is 1.88. The van der Waals surface area contributed by atoms with E-state index in [9.17, 15) is 9.59 Å². The Morgan fingerprint density at radius 1 is 1.32 bits per heavy atom. The van der Waals surface area contributed by atoms with Crippen molar-refractivity contribution in [3.8, 4) is 0 Å². The zero-order valence-electron chi connectivity index (χ0n) is 10.4. The lowest BCUT2D eigenvalue weighted by Crippen LogP contribution is -2.38. The minimum atomic E-state index is -0.875. The molecule has 1 aliphatic heterocycles. The Bertz CT molecular complexity index is 452. The number of carbonyl (C=O) groups is 2. The third-order valence-corrected chi connectivity index (χ3v) is 2.83. The summed E-state index contributed by atoms with van der Waals surface area (Å²) in [5.41, 5.74) is 1.33. The van der Waals surface area contributed by atoms with E-state index in [4.69, 9.17) is 9.84 Å². The maximum absolute atomic E-state index is 11.7. The van der Waals surface area contributed by atoms with Gasteiger partial charge in [-0.25, -0.2) is 4.79 Å². The second-order valence-electron chi connectivity index (χ2n) is 4.43. The van der Waals surface area contributed by atoms with Gasteiger partial charge in [-0.3, -0.25) is 4.79 Å². The second kappa shape index (κ2) is 6.19. The van der Waals surface area contributed by atoms with Crippen LogP contribution in [0.5, 0.6) is 0 Å². The molecule has 1 heterocycles. The Hall–Kier alpha value is -2.08. The number of nitrogens with one attached hydrogen (secondary N) is 2. The minimum Gasteiger partial charge on any atom is -0.481 e. The Balaban J connectivity index is 1.84. The fourth-order valence-electron chi connectivity index (χ4n) is 1.88. The summed E-state index contributed by atoms with van der Waals surface area (Å²) < 4.78 is 5.16. The topological polar surface area (TPSA) is 87.7 Å². The molecule has 2 amide bonds. The predicted molar refractivity (Wildman–Crippen MR) is 69.2 cm³/mol. The van der Waals surface area contributed by atoms with Crippen molar-refractivity contribution in [3.05, 3.63) is 29.8 Å². The van der Waals surface area contributed by atoms with Crippen molar-refractivity contribution in [2.45, 2.75) is 18.9 Å². The molecule has 6 nitrogen and oxygen atoms in total. The van der Waals surface area contributed by atoms with Crippen molar-refractivity contribution in [2.24, 2.45) is 0 Å². The van der Waals surface area contributed by atoms with Gasteiger partial charge in [0.1, 0.15) is 0 Å². The number of amides is 2. The summed E-state index contributed by atoms with van der Waals surface area (Å²) in [7, 11) is 0. The number of carbonyl (C=O) groups excluding carboxylic acids is 1. The van der Waals surface area contributed by atoms with Gasteiger partial charge in [0, 0.05) is 12.3 Å². The van der Waals surface area contributed by atoms with Crippen LogP contribution in [0, 0.1) is 0 Å². The molecule has 0 aromatic heterocycles. The van der Waals surface area contributed by atoms with Crippen LogP contribution in [-0.2, 0) is 16.0 Å². The van der Waals surface area contributed by atoms with Crippen molar-refractivity contribution < 1.29 is 19.4 Å². The summed E-state index contributed by atoms with van der Waals surface area (Å²) in [5, 5.41) is 14.2. The number of urea groups is 1. The van der Waals surface area contributed by atoms with E-state index in [1.165, 1.54) is 0 Å². The van der Waals surface area contributed by atoms with E-state index in [0.717, 1.165) is 6.42 Å². The Labute approximate surface area is 110 Å². The summed E-state index contributed by atoms with van der Waals surface area (Å²) in [6, 6.07) is 6.52. The molecule has 1 fully saturated rings. The molecule has 1 aromatic carbocycles. The monoisotopic (exact) mass is 264 g/mol. The largest absolute Gasteiger partial charge is 0.481 e. The lowest BCUT2D eigenvalue weighted by atomic mass is 10.1. The average molecular weight is 264 g/mol. The molecule has 19 heavy (non-hydrogen) atoms. The summed E-state index contributed by atoms with van der Waals surface area (Å²) in [5.74, 6) is -0.875. The van der Waals surface area contributed by atoms with Gasteiger partial charge in [-0.05, 0) is 24.1 Å². The zero-order chi connectivity index (χ0) is 13.7. The van der Waals surface area contributed by atoms with Crippen LogP contribution < -0.4 is 10.6 Å². The number of aliphatic carboxylic acids is 1. The minimum absolute atomic E-state index is 0.0219. The molecule has 1 saturated heterocycles. The van der Waals surface area contributed by atoms with Crippen LogP contribution >= 0.6 is 0 Å². The van der Waals surface area contributed by atoms with E-state index in [1.54, 1.807) is 24.3 Å². The SMILES string of the molecule is O=C(O)Cc1ccc(NC(=O)NC2CCOC2)cc1.